The van der Waals surface area contributed by atoms with E-state index in [0.29, 0.717) is 11.4 Å². The number of carbonyl (C=O) groups excluding carboxylic acids is 3. The lowest BCUT2D eigenvalue weighted by atomic mass is 10.2. The fraction of sp³-hybridized carbons (Fsp3) is 0.143. The van der Waals surface area contributed by atoms with Gasteiger partial charge in [-0.1, -0.05) is 23.9 Å². The third-order valence-corrected chi connectivity index (χ3v) is 6.22. The molecule has 1 N–H and O–H groups in total. The van der Waals surface area contributed by atoms with Crippen LogP contribution in [-0.2, 0) is 11.3 Å². The molecule has 0 aliphatic carbocycles. The van der Waals surface area contributed by atoms with Gasteiger partial charge in [0.15, 0.2) is 0 Å². The highest BCUT2D eigenvalue weighted by molar-refractivity contribution is 8.14. The van der Waals surface area contributed by atoms with Crippen molar-refractivity contribution in [3.63, 3.8) is 0 Å². The molecule has 152 valence electrons. The minimum atomic E-state index is -0.305. The van der Waals surface area contributed by atoms with E-state index in [2.05, 4.69) is 10.3 Å². The summed E-state index contributed by atoms with van der Waals surface area (Å²) in [6.07, 6.45) is 0. The predicted octanol–water partition coefficient (Wildman–Crippen LogP) is 4.27. The number of aromatic nitrogens is 1. The minimum absolute atomic E-state index is 0.182. The van der Waals surface area contributed by atoms with Gasteiger partial charge in [0, 0.05) is 16.6 Å². The van der Waals surface area contributed by atoms with Crippen molar-refractivity contribution < 1.29 is 19.1 Å². The molecule has 30 heavy (non-hydrogen) atoms. The van der Waals surface area contributed by atoms with Gasteiger partial charge in [-0.05, 0) is 42.0 Å². The molecule has 0 unspecified atom stereocenters. The molecule has 1 aliphatic heterocycles. The van der Waals surface area contributed by atoms with Crippen molar-refractivity contribution in [1.82, 2.24) is 9.88 Å². The van der Waals surface area contributed by atoms with Gasteiger partial charge in [-0.2, -0.15) is 0 Å². The average molecular weight is 440 g/mol. The number of nitrogens with one attached hydrogen (secondary N) is 1. The third kappa shape index (κ3) is 4.37. The third-order valence-electron chi connectivity index (χ3n) is 4.47. The second kappa shape index (κ2) is 8.68. The first-order chi connectivity index (χ1) is 14.5. The second-order valence-electron chi connectivity index (χ2n) is 6.45. The summed E-state index contributed by atoms with van der Waals surface area (Å²) in [5.74, 6) is 0.464. The Balaban J connectivity index is 1.39. The van der Waals surface area contributed by atoms with Crippen LogP contribution in [0.25, 0.3) is 10.6 Å². The van der Waals surface area contributed by atoms with E-state index in [-0.39, 0.29) is 29.4 Å². The number of anilines is 1. The van der Waals surface area contributed by atoms with Crippen molar-refractivity contribution in [2.24, 2.45) is 0 Å². The van der Waals surface area contributed by atoms with Crippen molar-refractivity contribution in [3.05, 3.63) is 65.2 Å². The molecular weight excluding hydrogens is 422 g/mol. The van der Waals surface area contributed by atoms with Crippen LogP contribution < -0.4 is 10.1 Å². The van der Waals surface area contributed by atoms with E-state index in [0.717, 1.165) is 33.6 Å². The molecule has 0 spiro atoms. The Kier molecular flexibility index (Phi) is 5.82. The molecule has 3 aromatic rings. The Morgan fingerprint density at radius 2 is 1.87 bits per heavy atom. The molecule has 9 heteroatoms. The summed E-state index contributed by atoms with van der Waals surface area (Å²) >= 11 is 2.40. The molecule has 1 aromatic heterocycles. The Morgan fingerprint density at radius 1 is 1.13 bits per heavy atom. The number of hydrogen-bond donors (Lipinski definition) is 1. The van der Waals surface area contributed by atoms with Crippen molar-refractivity contribution in [2.45, 2.75) is 6.54 Å². The fourth-order valence-corrected chi connectivity index (χ4v) is 4.38. The fourth-order valence-electron chi connectivity index (χ4n) is 2.85. The Morgan fingerprint density at radius 3 is 2.50 bits per heavy atom. The van der Waals surface area contributed by atoms with Crippen LogP contribution >= 0.6 is 23.1 Å². The first kappa shape index (κ1) is 20.1. The normalized spacial score (nSPS) is 13.6. The molecule has 7 nitrogen and oxygen atoms in total. The smallest absolute Gasteiger partial charge is 0.289 e. The lowest BCUT2D eigenvalue weighted by Crippen LogP contribution is -2.27. The van der Waals surface area contributed by atoms with Crippen molar-refractivity contribution in [2.75, 3.05) is 18.2 Å². The Bertz CT molecular complexity index is 1080. The molecule has 1 aliphatic rings. The average Bonchev–Trinajstić information content (AvgIpc) is 3.38. The van der Waals surface area contributed by atoms with Gasteiger partial charge in [0.2, 0.25) is 5.91 Å². The van der Waals surface area contributed by atoms with Gasteiger partial charge in [0.1, 0.15) is 16.5 Å². The molecule has 4 rings (SSSR count). The van der Waals surface area contributed by atoms with E-state index in [1.165, 1.54) is 16.2 Å². The molecule has 1 saturated heterocycles. The molecule has 0 saturated carbocycles. The van der Waals surface area contributed by atoms with Crippen LogP contribution in [0, 0.1) is 0 Å². The van der Waals surface area contributed by atoms with Gasteiger partial charge < -0.3 is 10.1 Å². The highest BCUT2D eigenvalue weighted by Crippen LogP contribution is 2.26. The van der Waals surface area contributed by atoms with Crippen LogP contribution in [0.3, 0.4) is 0 Å². The summed E-state index contributed by atoms with van der Waals surface area (Å²) in [5.41, 5.74) is 2.66. The molecule has 3 amide bonds. The summed E-state index contributed by atoms with van der Waals surface area (Å²) < 4.78 is 5.15. The highest BCUT2D eigenvalue weighted by Gasteiger charge is 2.29. The van der Waals surface area contributed by atoms with Crippen molar-refractivity contribution >= 4 is 45.8 Å². The molecular formula is C21H17N3O4S2. The number of methoxy groups -OCH3 is 1. The van der Waals surface area contributed by atoms with Crippen LogP contribution in [0.4, 0.5) is 10.5 Å². The van der Waals surface area contributed by atoms with Gasteiger partial charge in [-0.25, -0.2) is 4.98 Å². The van der Waals surface area contributed by atoms with Crippen molar-refractivity contribution in [1.29, 1.82) is 0 Å². The maximum atomic E-state index is 12.5. The lowest BCUT2D eigenvalue weighted by molar-refractivity contribution is -0.125. The predicted molar refractivity (Wildman–Crippen MR) is 117 cm³/mol. The molecule has 2 heterocycles. The number of thiazole rings is 1. The van der Waals surface area contributed by atoms with E-state index in [1.807, 2.05) is 24.3 Å². The summed E-state index contributed by atoms with van der Waals surface area (Å²) in [7, 11) is 1.61. The maximum absolute atomic E-state index is 12.5. The molecule has 2 aromatic carbocycles. The van der Waals surface area contributed by atoms with E-state index in [4.69, 9.17) is 4.74 Å². The van der Waals surface area contributed by atoms with E-state index in [9.17, 15) is 14.4 Å². The van der Waals surface area contributed by atoms with Gasteiger partial charge in [-0.15, -0.1) is 11.3 Å². The Hall–Kier alpha value is -3.17. The zero-order chi connectivity index (χ0) is 21.1. The number of rotatable bonds is 6. The van der Waals surface area contributed by atoms with Gasteiger partial charge in [-0.3, -0.25) is 19.3 Å². The number of hydrogen-bond acceptors (Lipinski definition) is 7. The second-order valence-corrected chi connectivity index (χ2v) is 8.24. The molecule has 0 radical (unpaired) electrons. The molecule has 1 fully saturated rings. The summed E-state index contributed by atoms with van der Waals surface area (Å²) in [6.45, 7) is 0.232. The molecule has 0 atom stereocenters. The number of amides is 3. The number of carbonyl (C=O) groups is 3. The monoisotopic (exact) mass is 439 g/mol. The largest absolute Gasteiger partial charge is 0.497 e. The van der Waals surface area contributed by atoms with Crippen molar-refractivity contribution in [3.8, 4) is 16.3 Å². The zero-order valence-electron chi connectivity index (χ0n) is 16.0. The van der Waals surface area contributed by atoms with Crippen LogP contribution in [0.1, 0.15) is 16.1 Å². The minimum Gasteiger partial charge on any atom is -0.497 e. The van der Waals surface area contributed by atoms with E-state index < -0.39 is 0 Å². The first-order valence-corrected chi connectivity index (χ1v) is 10.9. The lowest BCUT2D eigenvalue weighted by Gasteiger charge is -2.13. The number of thioether (sulfide) groups is 1. The maximum Gasteiger partial charge on any atom is 0.289 e. The summed E-state index contributed by atoms with van der Waals surface area (Å²) in [4.78, 5) is 41.6. The quantitative estimate of drug-likeness (QED) is 0.617. The summed E-state index contributed by atoms with van der Waals surface area (Å²) in [6, 6.07) is 14.5. The van der Waals surface area contributed by atoms with Gasteiger partial charge >= 0.3 is 0 Å². The zero-order valence-corrected chi connectivity index (χ0v) is 17.6. The standard InChI is InChI=1S/C21H17N3O4S2/c1-28-16-8-4-14(5-9-16)20-23-17(11-29-20)19(26)22-15-6-2-13(3-7-15)10-24-18(25)12-30-21(24)27/h2-9,11H,10,12H2,1H3,(H,22,26). The topological polar surface area (TPSA) is 88.6 Å². The van der Waals surface area contributed by atoms with Crippen LogP contribution in [0.5, 0.6) is 5.75 Å². The number of imide groups is 1. The van der Waals surface area contributed by atoms with Gasteiger partial charge in [0.25, 0.3) is 11.1 Å². The summed E-state index contributed by atoms with van der Waals surface area (Å²) in [5, 5.41) is 5.05. The van der Waals surface area contributed by atoms with E-state index >= 15 is 0 Å². The van der Waals surface area contributed by atoms with Crippen LogP contribution in [0.2, 0.25) is 0 Å². The first-order valence-electron chi connectivity index (χ1n) is 9.01. The van der Waals surface area contributed by atoms with Gasteiger partial charge in [0.05, 0.1) is 19.4 Å². The molecule has 0 bridgehead atoms. The number of nitrogens with zero attached hydrogens (tertiary/aromatic N) is 2. The van der Waals surface area contributed by atoms with Crippen LogP contribution in [-0.4, -0.2) is 39.8 Å². The number of benzene rings is 2. The number of ether oxygens (including phenoxy) is 1. The van der Waals surface area contributed by atoms with E-state index in [1.54, 1.807) is 36.8 Å². The SMILES string of the molecule is COc1ccc(-c2nc(C(=O)Nc3ccc(CN4C(=O)CSC4=O)cc3)cs2)cc1. The van der Waals surface area contributed by atoms with Crippen LogP contribution in [0.15, 0.2) is 53.9 Å². The Labute approximate surface area is 181 Å². The highest BCUT2D eigenvalue weighted by atomic mass is 32.2.